The summed E-state index contributed by atoms with van der Waals surface area (Å²) in [7, 11) is 0. The Morgan fingerprint density at radius 1 is 1.44 bits per heavy atom. The van der Waals surface area contributed by atoms with Crippen LogP contribution in [-0.4, -0.2) is 25.5 Å². The predicted octanol–water partition coefficient (Wildman–Crippen LogP) is 1.87. The molecule has 0 atom stereocenters. The van der Waals surface area contributed by atoms with E-state index in [4.69, 9.17) is 5.73 Å². The maximum Gasteiger partial charge on any atom is 0.236 e. The van der Waals surface area contributed by atoms with Gasteiger partial charge in [-0.3, -0.25) is 4.79 Å². The molecule has 100 valence electrons. The Bertz CT molecular complexity index is 409. The molecule has 0 aliphatic carbocycles. The fourth-order valence-electron chi connectivity index (χ4n) is 1.74. The van der Waals surface area contributed by atoms with Gasteiger partial charge >= 0.3 is 0 Å². The maximum atomic E-state index is 11.0. The number of hydrogen-bond acceptors (Lipinski definition) is 3. The molecular weight excluding hydrogens is 294 g/mol. The second-order valence-corrected chi connectivity index (χ2v) is 4.90. The van der Waals surface area contributed by atoms with E-state index in [9.17, 15) is 4.79 Å². The summed E-state index contributed by atoms with van der Waals surface area (Å²) in [5.41, 5.74) is 7.45. The van der Waals surface area contributed by atoms with E-state index in [2.05, 4.69) is 40.3 Å². The molecule has 1 aromatic carbocycles. The molecule has 5 heteroatoms. The first-order chi connectivity index (χ1) is 8.58. The Hall–Kier alpha value is -1.07. The first-order valence-corrected chi connectivity index (χ1v) is 6.90. The molecule has 0 heterocycles. The number of benzene rings is 1. The van der Waals surface area contributed by atoms with Gasteiger partial charge in [0.1, 0.15) is 0 Å². The summed E-state index contributed by atoms with van der Waals surface area (Å²) in [6.07, 6.45) is 0. The third-order valence-electron chi connectivity index (χ3n) is 2.66. The van der Waals surface area contributed by atoms with Crippen LogP contribution >= 0.6 is 15.9 Å². The van der Waals surface area contributed by atoms with Crippen LogP contribution < -0.4 is 16.0 Å². The van der Waals surface area contributed by atoms with E-state index >= 15 is 0 Å². The minimum Gasteiger partial charge on any atom is -0.368 e. The Labute approximate surface area is 117 Å². The Morgan fingerprint density at radius 3 is 2.67 bits per heavy atom. The van der Waals surface area contributed by atoms with Gasteiger partial charge in [-0.05, 0) is 47.1 Å². The molecule has 4 nitrogen and oxygen atoms in total. The van der Waals surface area contributed by atoms with E-state index in [-0.39, 0.29) is 12.5 Å². The van der Waals surface area contributed by atoms with Crippen molar-refractivity contribution in [1.82, 2.24) is 5.32 Å². The van der Waals surface area contributed by atoms with Gasteiger partial charge in [0, 0.05) is 17.6 Å². The highest BCUT2D eigenvalue weighted by atomic mass is 79.9. The van der Waals surface area contributed by atoms with Crippen molar-refractivity contribution in [1.29, 1.82) is 0 Å². The van der Waals surface area contributed by atoms with Gasteiger partial charge in [0.05, 0.1) is 12.2 Å². The van der Waals surface area contributed by atoms with Crippen molar-refractivity contribution < 1.29 is 4.79 Å². The van der Waals surface area contributed by atoms with Crippen molar-refractivity contribution in [2.75, 3.05) is 24.5 Å². The summed E-state index contributed by atoms with van der Waals surface area (Å²) in [6.45, 7) is 6.85. The van der Waals surface area contributed by atoms with Crippen LogP contribution in [-0.2, 0) is 11.3 Å². The van der Waals surface area contributed by atoms with Crippen LogP contribution in [0.2, 0.25) is 0 Å². The second-order valence-electron chi connectivity index (χ2n) is 4.05. The van der Waals surface area contributed by atoms with Gasteiger partial charge in [0.2, 0.25) is 5.91 Å². The van der Waals surface area contributed by atoms with Gasteiger partial charge in [-0.15, -0.1) is 0 Å². The number of carbonyl (C=O) groups excluding carboxylic acids is 1. The Morgan fingerprint density at radius 2 is 2.17 bits per heavy atom. The number of nitrogens with one attached hydrogen (secondary N) is 1. The SMILES string of the molecule is CCNCc1ccc(N(CC)CC(N)=O)c(Br)c1. The number of carbonyl (C=O) groups is 1. The fraction of sp³-hybridized carbons (Fsp3) is 0.462. The molecular formula is C13H20BrN3O. The summed E-state index contributed by atoms with van der Waals surface area (Å²) in [4.78, 5) is 13.0. The van der Waals surface area contributed by atoms with Crippen LogP contribution in [0.1, 0.15) is 19.4 Å². The number of nitrogens with two attached hydrogens (primary N) is 1. The molecule has 0 fully saturated rings. The summed E-state index contributed by atoms with van der Waals surface area (Å²) in [5.74, 6) is -0.319. The first kappa shape index (κ1) is 15.0. The summed E-state index contributed by atoms with van der Waals surface area (Å²) in [6, 6.07) is 6.15. The molecule has 0 aliphatic heterocycles. The smallest absolute Gasteiger partial charge is 0.236 e. The van der Waals surface area contributed by atoms with E-state index in [0.29, 0.717) is 0 Å². The maximum absolute atomic E-state index is 11.0. The van der Waals surface area contributed by atoms with Crippen molar-refractivity contribution in [3.8, 4) is 0 Å². The number of likely N-dealkylation sites (N-methyl/N-ethyl adjacent to an activating group) is 1. The third-order valence-corrected chi connectivity index (χ3v) is 3.30. The molecule has 0 aliphatic rings. The van der Waals surface area contributed by atoms with E-state index in [0.717, 1.165) is 29.8 Å². The number of primary amides is 1. The molecule has 0 unspecified atom stereocenters. The van der Waals surface area contributed by atoms with Gasteiger partial charge in [-0.2, -0.15) is 0 Å². The van der Waals surface area contributed by atoms with Crippen molar-refractivity contribution in [3.05, 3.63) is 28.2 Å². The number of hydrogen-bond donors (Lipinski definition) is 2. The minimum absolute atomic E-state index is 0.238. The van der Waals surface area contributed by atoms with Gasteiger partial charge < -0.3 is 16.0 Å². The largest absolute Gasteiger partial charge is 0.368 e. The quantitative estimate of drug-likeness (QED) is 0.808. The topological polar surface area (TPSA) is 58.4 Å². The lowest BCUT2D eigenvalue weighted by molar-refractivity contribution is -0.116. The van der Waals surface area contributed by atoms with E-state index in [1.807, 2.05) is 17.9 Å². The lowest BCUT2D eigenvalue weighted by Gasteiger charge is -2.23. The normalized spacial score (nSPS) is 10.4. The molecule has 0 saturated heterocycles. The van der Waals surface area contributed by atoms with Crippen LogP contribution in [0, 0.1) is 0 Å². The summed E-state index contributed by atoms with van der Waals surface area (Å²) in [5, 5.41) is 3.28. The van der Waals surface area contributed by atoms with Crippen molar-refractivity contribution in [2.24, 2.45) is 5.73 Å². The molecule has 18 heavy (non-hydrogen) atoms. The standard InChI is InChI=1S/C13H20BrN3O/c1-3-16-8-10-5-6-12(11(14)7-10)17(4-2)9-13(15)18/h5-7,16H,3-4,8-9H2,1-2H3,(H2,15,18). The van der Waals surface area contributed by atoms with Crippen molar-refractivity contribution >= 4 is 27.5 Å². The molecule has 1 aromatic rings. The number of amides is 1. The zero-order valence-electron chi connectivity index (χ0n) is 10.9. The average molecular weight is 314 g/mol. The zero-order chi connectivity index (χ0) is 13.5. The number of nitrogens with zero attached hydrogens (tertiary/aromatic N) is 1. The highest BCUT2D eigenvalue weighted by molar-refractivity contribution is 9.10. The van der Waals surface area contributed by atoms with E-state index < -0.39 is 0 Å². The molecule has 0 saturated carbocycles. The van der Waals surface area contributed by atoms with E-state index in [1.54, 1.807) is 0 Å². The molecule has 0 bridgehead atoms. The number of rotatable bonds is 7. The second kappa shape index (κ2) is 7.38. The lowest BCUT2D eigenvalue weighted by atomic mass is 10.2. The Kier molecular flexibility index (Phi) is 6.15. The number of halogens is 1. The van der Waals surface area contributed by atoms with Gasteiger partial charge in [0.15, 0.2) is 0 Å². The molecule has 1 amide bonds. The van der Waals surface area contributed by atoms with Gasteiger partial charge in [-0.25, -0.2) is 0 Å². The van der Waals surface area contributed by atoms with Crippen LogP contribution in [0.5, 0.6) is 0 Å². The molecule has 0 spiro atoms. The van der Waals surface area contributed by atoms with Crippen LogP contribution in [0.3, 0.4) is 0 Å². The molecule has 1 rings (SSSR count). The molecule has 0 aromatic heterocycles. The third kappa shape index (κ3) is 4.31. The zero-order valence-corrected chi connectivity index (χ0v) is 12.5. The van der Waals surface area contributed by atoms with Crippen molar-refractivity contribution in [3.63, 3.8) is 0 Å². The fourth-order valence-corrected chi connectivity index (χ4v) is 2.42. The molecule has 0 radical (unpaired) electrons. The summed E-state index contributed by atoms with van der Waals surface area (Å²) < 4.78 is 0.987. The van der Waals surface area contributed by atoms with Crippen LogP contribution in [0.15, 0.2) is 22.7 Å². The average Bonchev–Trinajstić information content (AvgIpc) is 2.33. The highest BCUT2D eigenvalue weighted by Gasteiger charge is 2.11. The predicted molar refractivity (Wildman–Crippen MR) is 78.6 cm³/mol. The summed E-state index contributed by atoms with van der Waals surface area (Å²) >= 11 is 3.55. The van der Waals surface area contributed by atoms with Gasteiger partial charge in [-0.1, -0.05) is 13.0 Å². The monoisotopic (exact) mass is 313 g/mol. The van der Waals surface area contributed by atoms with Gasteiger partial charge in [0.25, 0.3) is 0 Å². The van der Waals surface area contributed by atoms with Crippen LogP contribution in [0.25, 0.3) is 0 Å². The highest BCUT2D eigenvalue weighted by Crippen LogP contribution is 2.27. The van der Waals surface area contributed by atoms with Crippen molar-refractivity contribution in [2.45, 2.75) is 20.4 Å². The Balaban J connectivity index is 2.85. The number of anilines is 1. The van der Waals surface area contributed by atoms with E-state index in [1.165, 1.54) is 5.56 Å². The lowest BCUT2D eigenvalue weighted by Crippen LogP contribution is -2.33. The molecule has 3 N–H and O–H groups in total. The minimum atomic E-state index is -0.319. The van der Waals surface area contributed by atoms with Crippen LogP contribution in [0.4, 0.5) is 5.69 Å². The first-order valence-electron chi connectivity index (χ1n) is 6.10.